The lowest BCUT2D eigenvalue weighted by molar-refractivity contribution is -0.253. The molecule has 4 N–H and O–H groups in total. The number of urea groups is 1. The number of aromatic nitrogens is 4. The van der Waals surface area contributed by atoms with Crippen LogP contribution < -0.4 is 30.2 Å². The van der Waals surface area contributed by atoms with Crippen molar-refractivity contribution in [3.05, 3.63) is 377 Å². The minimum absolute atomic E-state index is 0.0104. The van der Waals surface area contributed by atoms with Gasteiger partial charge in [0.25, 0.3) is 23.6 Å². The molecule has 11 aromatic carbocycles. The van der Waals surface area contributed by atoms with Crippen LogP contribution in [0.15, 0.2) is 237 Å². The van der Waals surface area contributed by atoms with Crippen LogP contribution >= 0.6 is 0 Å². The molecule has 44 heteroatoms. The summed E-state index contributed by atoms with van der Waals surface area (Å²) < 4.78 is 404. The molecule has 1 aromatic heterocycles. The van der Waals surface area contributed by atoms with Gasteiger partial charge in [0.2, 0.25) is 0 Å². The highest BCUT2D eigenvalue weighted by atomic mass is 19.4. The zero-order valence-electron chi connectivity index (χ0n) is 72.2. The first-order valence-corrected chi connectivity index (χ1v) is 40.7. The molecular weight excluding hydrogens is 1910 g/mol. The first-order chi connectivity index (χ1) is 64.9. The van der Waals surface area contributed by atoms with Gasteiger partial charge in [0.05, 0.1) is 52.5 Å². The summed E-state index contributed by atoms with van der Waals surface area (Å²) in [6.45, 7) is 1.91. The molecule has 1 aliphatic heterocycles. The molecule has 0 aliphatic carbocycles. The van der Waals surface area contributed by atoms with Crippen molar-refractivity contribution in [2.45, 2.75) is 124 Å². The topological polar surface area (TPSA) is 193 Å². The van der Waals surface area contributed by atoms with E-state index in [1.807, 2.05) is 0 Å². The number of carbonyl (C=O) groups excluding carboxylic acids is 4. The van der Waals surface area contributed by atoms with E-state index in [9.17, 15) is 133 Å². The zero-order chi connectivity index (χ0) is 102. The van der Waals surface area contributed by atoms with Crippen LogP contribution in [0.1, 0.15) is 140 Å². The number of likely N-dealkylation sites (tertiary alicyclic amines) is 1. The highest BCUT2D eigenvalue weighted by molar-refractivity contribution is 5.97. The van der Waals surface area contributed by atoms with Crippen LogP contribution in [0.2, 0.25) is 0 Å². The largest absolute Gasteiger partial charge is 0.494 e. The van der Waals surface area contributed by atoms with Gasteiger partial charge < -0.3 is 40.0 Å². The number of ether oxygens (including phenoxy) is 3. The first kappa shape index (κ1) is 105. The summed E-state index contributed by atoms with van der Waals surface area (Å²) in [7, 11) is 4.18. The minimum Gasteiger partial charge on any atom is -0.494 e. The molecule has 0 bridgehead atoms. The van der Waals surface area contributed by atoms with Gasteiger partial charge >= 0.3 is 55.8 Å². The fraction of sp³-hybridized carbons (Fsp3) is 0.253. The van der Waals surface area contributed by atoms with E-state index in [-0.39, 0.29) is 93.7 Å². The Balaban J connectivity index is 0.000000200. The molecule has 0 unspecified atom stereocenters. The Hall–Kier alpha value is -14.4. The van der Waals surface area contributed by atoms with Crippen molar-refractivity contribution in [1.82, 2.24) is 46.4 Å². The molecule has 0 spiro atoms. The number of aryl methyl sites for hydroxylation is 2. The maximum Gasteiger partial charge on any atom is 0.461 e. The highest BCUT2D eigenvalue weighted by Gasteiger charge is 2.53. The Kier molecular flexibility index (Phi) is 31.4. The number of hydrogen-bond donors (Lipinski definition) is 4. The molecule has 1 saturated heterocycles. The van der Waals surface area contributed by atoms with Crippen molar-refractivity contribution < 1.29 is 156 Å². The normalized spacial score (nSPS) is 14.8. The van der Waals surface area contributed by atoms with Crippen LogP contribution in [-0.4, -0.2) is 113 Å². The third-order valence-electron chi connectivity index (χ3n) is 21.9. The number of amides is 5. The number of alkyl halides is 22. The van der Waals surface area contributed by atoms with Crippen molar-refractivity contribution in [1.29, 1.82) is 0 Å². The predicted octanol–water partition coefficient (Wildman–Crippen LogP) is 23.6. The van der Waals surface area contributed by atoms with Crippen LogP contribution in [-0.2, 0) is 67.0 Å². The van der Waals surface area contributed by atoms with Crippen LogP contribution in [0, 0.1) is 41.8 Å². The van der Waals surface area contributed by atoms with E-state index in [1.165, 1.54) is 68.4 Å². The average molecular weight is 1980 g/mol. The summed E-state index contributed by atoms with van der Waals surface area (Å²) in [5.74, 6) is -17.6. The van der Waals surface area contributed by atoms with Crippen molar-refractivity contribution >= 4 is 23.8 Å². The van der Waals surface area contributed by atoms with Gasteiger partial charge in [-0.1, -0.05) is 127 Å². The first-order valence-electron chi connectivity index (χ1n) is 40.7. The number of methoxy groups -OCH3 is 1. The van der Waals surface area contributed by atoms with Gasteiger partial charge in [-0.25, -0.2) is 39.9 Å². The van der Waals surface area contributed by atoms with Crippen molar-refractivity contribution in [2.75, 3.05) is 27.7 Å². The number of nitrogens with zero attached hydrogens (tertiary/aromatic N) is 5. The minimum atomic E-state index is -5.38. The van der Waals surface area contributed by atoms with E-state index in [4.69, 9.17) is 4.74 Å². The molecule has 16 nitrogen and oxygen atoms in total. The molecule has 736 valence electrons. The standard InChI is InChI=1S/C34H28F8N2O3.C33H22F13NO2.C28H23F7N6O2/c1-20-9-10-23(15-28(20)33(38,39)40)29(45)43-32(19-21-7-5-4-6-8-21,24-13-11-22(12-14-24)30(46)44(2)3)25-16-26(35)18-27(17-25)47-34(41,42)31(36)37;1-2-17-3-5-18(6-4-17)16-30(20-8-10-27(36)25(14-20)32(42,43)44,21-12-22(34)15-23(13-21)49-33(45,46)29(37)38)47-28(48)19-7-9-26(35)24(11-19)31(39,40)41;1-43-23-12-17(7-8-21(23)30)27(13-16-5-3-2-4-6-16,18-9-19(28(33,34)35)11-20(29)10-18)36-25(42)41-15-26(31,32)14-22(41)24-37-39-40-38-24/h4-18,31H,19H2,1-3H3,(H,43,45);3-15,29H,2,16H2,1H3,(H,47,48);2-12,22H,13-15H2,1H3,(H,36,42)(H,37,38,39,40)/t32-;30-;22-,27+/m100/s1. The SMILES string of the molecule is CCc1ccc(C[C@@](NC(=O)c2ccc(F)c(C(F)(F)F)c2)(c2cc(F)cc(OC(F)(F)C(F)F)c2)c2ccc(F)c(C(F)(F)F)c2)cc1.COc1cc([C@@](Cc2ccccc2)(NC(=O)N2CC(F)(F)C[C@H]2c2nn[nH]n2)c2cc(F)cc(C(F)(F)F)c2)ccc1F.Cc1ccc(C(=O)N[C@](Cc2ccccc2)(c2ccc(C(=O)N(C)C)cc2)c2cc(F)cc(OC(F)(F)C(F)F)c2)cc1C(F)(F)F. The van der Waals surface area contributed by atoms with Gasteiger partial charge in [0.15, 0.2) is 17.4 Å². The average Bonchev–Trinajstić information content (AvgIpc) is 1.61. The molecule has 12 aromatic rings. The second-order valence-corrected chi connectivity index (χ2v) is 31.7. The Morgan fingerprint density at radius 2 is 0.849 bits per heavy atom. The Labute approximate surface area is 770 Å². The molecule has 0 saturated carbocycles. The van der Waals surface area contributed by atoms with Crippen LogP contribution in [0.25, 0.3) is 0 Å². The van der Waals surface area contributed by atoms with Crippen molar-refractivity contribution in [2.24, 2.45) is 0 Å². The molecule has 5 amide bonds. The Morgan fingerprint density at radius 1 is 0.446 bits per heavy atom. The summed E-state index contributed by atoms with van der Waals surface area (Å²) in [5.41, 5.74) is -14.3. The summed E-state index contributed by atoms with van der Waals surface area (Å²) in [5, 5.41) is 20.5. The monoisotopic (exact) mass is 1980 g/mol. The summed E-state index contributed by atoms with van der Waals surface area (Å²) in [6, 6.07) is 38.8. The van der Waals surface area contributed by atoms with Gasteiger partial charge in [-0.3, -0.25) is 14.4 Å². The fourth-order valence-corrected chi connectivity index (χ4v) is 15.2. The number of hydrogen-bond acceptors (Lipinski definition) is 10. The zero-order valence-corrected chi connectivity index (χ0v) is 72.2. The number of benzene rings is 11. The van der Waals surface area contributed by atoms with E-state index < -0.39 is 212 Å². The quantitative estimate of drug-likeness (QED) is 0.0360. The molecule has 13 rings (SSSR count). The lowest BCUT2D eigenvalue weighted by atomic mass is 9.76. The van der Waals surface area contributed by atoms with E-state index >= 15 is 8.78 Å². The van der Waals surface area contributed by atoms with Gasteiger partial charge in [0, 0.05) is 68.6 Å². The number of carbonyl (C=O) groups is 4. The third kappa shape index (κ3) is 25.0. The number of rotatable bonds is 27. The number of H-pyrrole nitrogens is 1. The summed E-state index contributed by atoms with van der Waals surface area (Å²) in [4.78, 5) is 56.1. The maximum atomic E-state index is 15.1. The van der Waals surface area contributed by atoms with Gasteiger partial charge in [-0.05, 0) is 184 Å². The summed E-state index contributed by atoms with van der Waals surface area (Å²) in [6.07, 6.45) is -41.0. The second-order valence-electron chi connectivity index (χ2n) is 31.7. The molecule has 2 heterocycles. The predicted molar refractivity (Wildman–Crippen MR) is 443 cm³/mol. The van der Waals surface area contributed by atoms with Crippen LogP contribution in [0.4, 0.5) is 128 Å². The third-order valence-corrected chi connectivity index (χ3v) is 21.9. The molecule has 4 atom stereocenters. The smallest absolute Gasteiger partial charge is 0.461 e. The molecule has 1 fully saturated rings. The number of nitrogens with one attached hydrogen (secondary N) is 4. The highest BCUT2D eigenvalue weighted by Crippen LogP contribution is 2.48. The molecule has 1 aliphatic rings. The Morgan fingerprint density at radius 3 is 1.30 bits per heavy atom. The maximum absolute atomic E-state index is 15.1. The van der Waals surface area contributed by atoms with E-state index in [0.717, 1.165) is 60.0 Å². The molecule has 0 radical (unpaired) electrons. The van der Waals surface area contributed by atoms with Gasteiger partial charge in [-0.2, -0.15) is 93.0 Å². The van der Waals surface area contributed by atoms with E-state index in [2.05, 4.69) is 46.0 Å². The van der Waals surface area contributed by atoms with Gasteiger partial charge in [0.1, 0.15) is 46.6 Å². The van der Waals surface area contributed by atoms with E-state index in [1.54, 1.807) is 79.7 Å². The molecular formula is C95H73F28N9O7. The number of tetrazole rings is 1. The van der Waals surface area contributed by atoms with Crippen LogP contribution in [0.5, 0.6) is 17.2 Å². The Bertz CT molecular complexity index is 6380. The molecule has 139 heavy (non-hydrogen) atoms. The summed E-state index contributed by atoms with van der Waals surface area (Å²) >= 11 is 0. The van der Waals surface area contributed by atoms with Crippen LogP contribution in [0.3, 0.4) is 0 Å². The van der Waals surface area contributed by atoms with E-state index in [0.29, 0.717) is 66.1 Å². The lowest BCUT2D eigenvalue weighted by Gasteiger charge is -2.39. The second kappa shape index (κ2) is 41.5. The number of halogens is 28. The van der Waals surface area contributed by atoms with Crippen molar-refractivity contribution in [3.8, 4) is 17.2 Å². The van der Waals surface area contributed by atoms with Gasteiger partial charge in [-0.15, -0.1) is 10.2 Å². The lowest BCUT2D eigenvalue weighted by Crippen LogP contribution is -2.53. The number of aromatic amines is 1. The van der Waals surface area contributed by atoms with Crippen molar-refractivity contribution in [3.63, 3.8) is 0 Å². The fourth-order valence-electron chi connectivity index (χ4n) is 15.2.